The van der Waals surface area contributed by atoms with Crippen molar-refractivity contribution in [1.29, 1.82) is 0 Å². The minimum absolute atomic E-state index is 0.0500. The van der Waals surface area contributed by atoms with Crippen LogP contribution in [0, 0.1) is 29.6 Å². The Hall–Kier alpha value is -0.530. The highest BCUT2D eigenvalue weighted by Gasteiger charge is 2.34. The molecule has 0 aromatic carbocycles. The molecule has 0 aliphatic rings. The Bertz CT molecular complexity index is 317. The Kier molecular flexibility index (Phi) is 15.2. The first-order valence-electron chi connectivity index (χ1n) is 11.5. The molecule has 0 saturated carbocycles. The number of methoxy groups -OCH3 is 1. The van der Waals surface area contributed by atoms with Gasteiger partial charge in [-0.15, -0.1) is 0 Å². The lowest BCUT2D eigenvalue weighted by Crippen LogP contribution is -2.32. The molecule has 0 amide bonds. The van der Waals surface area contributed by atoms with Crippen molar-refractivity contribution in [2.45, 2.75) is 112 Å². The summed E-state index contributed by atoms with van der Waals surface area (Å²) in [6.45, 7) is 14.3. The third-order valence-electron chi connectivity index (χ3n) is 6.44. The van der Waals surface area contributed by atoms with E-state index in [1.165, 1.54) is 64.9 Å². The molecule has 0 radical (unpaired) electrons. The van der Waals surface area contributed by atoms with Crippen molar-refractivity contribution >= 4 is 5.97 Å². The summed E-state index contributed by atoms with van der Waals surface area (Å²) in [6.07, 6.45) is 13.2. The van der Waals surface area contributed by atoms with Gasteiger partial charge in [0.2, 0.25) is 0 Å². The molecule has 4 unspecified atom stereocenters. The van der Waals surface area contributed by atoms with E-state index < -0.39 is 0 Å². The fourth-order valence-electron chi connectivity index (χ4n) is 5.18. The Morgan fingerprint density at radius 1 is 0.692 bits per heavy atom. The van der Waals surface area contributed by atoms with Crippen molar-refractivity contribution in [3.63, 3.8) is 0 Å². The minimum Gasteiger partial charge on any atom is -0.469 e. The zero-order chi connectivity index (χ0) is 19.9. The molecule has 0 aliphatic carbocycles. The summed E-state index contributed by atoms with van der Waals surface area (Å²) in [7, 11) is 1.51. The van der Waals surface area contributed by atoms with E-state index in [-0.39, 0.29) is 5.97 Å². The van der Waals surface area contributed by atoms with Crippen molar-refractivity contribution < 1.29 is 9.53 Å². The Morgan fingerprint density at radius 3 is 1.46 bits per heavy atom. The smallest absolute Gasteiger partial charge is 0.305 e. The molecule has 0 bridgehead atoms. The summed E-state index contributed by atoms with van der Waals surface area (Å²) < 4.78 is 4.88. The average molecular weight is 369 g/mol. The summed E-state index contributed by atoms with van der Waals surface area (Å²) in [6, 6.07) is 0. The highest BCUT2D eigenvalue weighted by atomic mass is 16.5. The summed E-state index contributed by atoms with van der Waals surface area (Å²) in [5.41, 5.74) is 0. The number of hydrogen-bond acceptors (Lipinski definition) is 2. The van der Waals surface area contributed by atoms with Gasteiger partial charge in [-0.1, -0.05) is 92.9 Å². The molecule has 0 rings (SSSR count). The first kappa shape index (κ1) is 25.5. The Morgan fingerprint density at radius 2 is 1.12 bits per heavy atom. The van der Waals surface area contributed by atoms with Crippen LogP contribution in [0.3, 0.4) is 0 Å². The second kappa shape index (κ2) is 15.5. The maximum absolute atomic E-state index is 11.6. The van der Waals surface area contributed by atoms with Gasteiger partial charge in [0.15, 0.2) is 0 Å². The summed E-state index contributed by atoms with van der Waals surface area (Å²) >= 11 is 0. The van der Waals surface area contributed by atoms with Crippen LogP contribution < -0.4 is 0 Å². The van der Waals surface area contributed by atoms with Gasteiger partial charge in [-0.2, -0.15) is 0 Å². The van der Waals surface area contributed by atoms with Crippen LogP contribution in [0.1, 0.15) is 112 Å². The molecule has 26 heavy (non-hydrogen) atoms. The van der Waals surface area contributed by atoms with E-state index in [2.05, 4.69) is 41.5 Å². The van der Waals surface area contributed by atoms with E-state index in [4.69, 9.17) is 4.74 Å². The second-order valence-electron chi connectivity index (χ2n) is 8.57. The van der Waals surface area contributed by atoms with Crippen LogP contribution in [0.25, 0.3) is 0 Å². The largest absolute Gasteiger partial charge is 0.469 e. The van der Waals surface area contributed by atoms with Crippen LogP contribution in [0.15, 0.2) is 0 Å². The van der Waals surface area contributed by atoms with Gasteiger partial charge in [0.25, 0.3) is 0 Å². The Balaban J connectivity index is 5.43. The quantitative estimate of drug-likeness (QED) is 0.261. The lowest BCUT2D eigenvalue weighted by Gasteiger charge is -2.40. The van der Waals surface area contributed by atoms with Gasteiger partial charge in [0.05, 0.1) is 7.11 Å². The summed E-state index contributed by atoms with van der Waals surface area (Å²) in [5.74, 6) is 3.88. The fraction of sp³-hybridized carbons (Fsp3) is 0.958. The lowest BCUT2D eigenvalue weighted by molar-refractivity contribution is -0.140. The fourth-order valence-corrected chi connectivity index (χ4v) is 5.18. The number of esters is 1. The molecule has 2 nitrogen and oxygen atoms in total. The van der Waals surface area contributed by atoms with E-state index in [9.17, 15) is 4.79 Å². The van der Waals surface area contributed by atoms with Crippen molar-refractivity contribution in [1.82, 2.24) is 0 Å². The number of ether oxygens (including phenoxy) is 1. The highest BCUT2D eigenvalue weighted by molar-refractivity contribution is 5.68. The van der Waals surface area contributed by atoms with E-state index in [0.29, 0.717) is 6.42 Å². The van der Waals surface area contributed by atoms with Crippen molar-refractivity contribution in [2.24, 2.45) is 29.6 Å². The minimum atomic E-state index is -0.0500. The third-order valence-corrected chi connectivity index (χ3v) is 6.44. The zero-order valence-electron chi connectivity index (χ0n) is 19.0. The van der Waals surface area contributed by atoms with Crippen LogP contribution in [-0.4, -0.2) is 13.1 Å². The molecule has 0 aromatic rings. The molecular weight excluding hydrogens is 320 g/mol. The molecule has 4 atom stereocenters. The van der Waals surface area contributed by atoms with Gasteiger partial charge >= 0.3 is 5.97 Å². The van der Waals surface area contributed by atoms with E-state index in [1.54, 1.807) is 0 Å². The first-order chi connectivity index (χ1) is 12.5. The number of hydrogen-bond donors (Lipinski definition) is 0. The van der Waals surface area contributed by atoms with Gasteiger partial charge in [-0.25, -0.2) is 0 Å². The van der Waals surface area contributed by atoms with E-state index in [1.807, 2.05) is 0 Å². The molecule has 156 valence electrons. The number of carbonyl (C=O) groups excluding carboxylic acids is 1. The molecule has 0 saturated heterocycles. The summed E-state index contributed by atoms with van der Waals surface area (Å²) in [5, 5.41) is 0. The normalized spacial score (nSPS) is 17.3. The predicted molar refractivity (Wildman–Crippen MR) is 114 cm³/mol. The molecule has 0 fully saturated rings. The second-order valence-corrected chi connectivity index (χ2v) is 8.57. The highest BCUT2D eigenvalue weighted by Crippen LogP contribution is 2.42. The van der Waals surface area contributed by atoms with Crippen molar-refractivity contribution in [2.75, 3.05) is 7.11 Å². The van der Waals surface area contributed by atoms with Crippen LogP contribution in [0.5, 0.6) is 0 Å². The van der Waals surface area contributed by atoms with Gasteiger partial charge in [0.1, 0.15) is 0 Å². The molecule has 0 aliphatic heterocycles. The SMILES string of the molecule is CCCC(C)C(CCC)C(CCCC(=O)OC)C(CCC)C(C)CCC. The molecule has 0 spiro atoms. The summed E-state index contributed by atoms with van der Waals surface area (Å²) in [4.78, 5) is 11.6. The van der Waals surface area contributed by atoms with Gasteiger partial charge in [-0.3, -0.25) is 4.79 Å². The van der Waals surface area contributed by atoms with E-state index >= 15 is 0 Å². The monoisotopic (exact) mass is 368 g/mol. The van der Waals surface area contributed by atoms with Gasteiger partial charge in [-0.05, 0) is 42.4 Å². The molecule has 0 N–H and O–H groups in total. The van der Waals surface area contributed by atoms with Crippen LogP contribution >= 0.6 is 0 Å². The number of rotatable bonds is 16. The Labute approximate surface area is 164 Å². The van der Waals surface area contributed by atoms with Crippen LogP contribution in [0.4, 0.5) is 0 Å². The molecular formula is C24H48O2. The van der Waals surface area contributed by atoms with Crippen LogP contribution in [-0.2, 0) is 9.53 Å². The number of carbonyl (C=O) groups is 1. The van der Waals surface area contributed by atoms with Crippen LogP contribution in [0.2, 0.25) is 0 Å². The molecule has 2 heteroatoms. The molecule has 0 aromatic heterocycles. The average Bonchev–Trinajstić information content (AvgIpc) is 2.62. The van der Waals surface area contributed by atoms with Gasteiger partial charge in [0, 0.05) is 6.42 Å². The maximum atomic E-state index is 11.6. The third kappa shape index (κ3) is 9.42. The van der Waals surface area contributed by atoms with Crippen molar-refractivity contribution in [3.05, 3.63) is 0 Å². The maximum Gasteiger partial charge on any atom is 0.305 e. The van der Waals surface area contributed by atoms with Gasteiger partial charge < -0.3 is 4.74 Å². The lowest BCUT2D eigenvalue weighted by atomic mass is 9.65. The predicted octanol–water partition coefficient (Wildman–Crippen LogP) is 7.65. The van der Waals surface area contributed by atoms with E-state index in [0.717, 1.165) is 36.0 Å². The first-order valence-corrected chi connectivity index (χ1v) is 11.5. The standard InChI is InChI=1S/C24H48O2/c1-8-13-19(5)21(15-10-3)23(17-12-18-24(25)26-7)22(16-11-4)20(6)14-9-2/h19-23H,8-18H2,1-7H3. The molecule has 0 heterocycles. The van der Waals surface area contributed by atoms with Crippen molar-refractivity contribution in [3.8, 4) is 0 Å². The topological polar surface area (TPSA) is 26.3 Å². The zero-order valence-corrected chi connectivity index (χ0v) is 19.0.